The van der Waals surface area contributed by atoms with Gasteiger partial charge in [0.15, 0.2) is 6.04 Å². The number of rotatable bonds is 8. The van der Waals surface area contributed by atoms with E-state index in [9.17, 15) is 23.6 Å². The minimum atomic E-state index is -0.881. The molecule has 1 heterocycles. The molecule has 0 bridgehead atoms. The summed E-state index contributed by atoms with van der Waals surface area (Å²) in [5.74, 6) is -1.97. The zero-order chi connectivity index (χ0) is 25.4. The number of amides is 4. The summed E-state index contributed by atoms with van der Waals surface area (Å²) in [7, 11) is 3.02. The Bertz CT molecular complexity index is 896. The lowest BCUT2D eigenvalue weighted by Crippen LogP contribution is -2.88. The third-order valence-electron chi connectivity index (χ3n) is 5.91. The number of hydrogen-bond donors (Lipinski definition) is 4. The number of esters is 1. The van der Waals surface area contributed by atoms with Crippen LogP contribution in [0, 0.1) is 11.7 Å². The van der Waals surface area contributed by atoms with Crippen LogP contribution in [0.25, 0.3) is 0 Å². The predicted molar refractivity (Wildman–Crippen MR) is 123 cm³/mol. The first-order valence-corrected chi connectivity index (χ1v) is 11.4. The smallest absolute Gasteiger partial charge is 0.328 e. The fraction of sp³-hybridized carbons (Fsp3) is 0.565. The van der Waals surface area contributed by atoms with Crippen LogP contribution in [0.2, 0.25) is 0 Å². The number of piperidine rings is 1. The van der Waals surface area contributed by atoms with Crippen LogP contribution in [0.3, 0.4) is 0 Å². The highest BCUT2D eigenvalue weighted by Crippen LogP contribution is 2.20. The summed E-state index contributed by atoms with van der Waals surface area (Å²) >= 11 is 0. The Kier molecular flexibility index (Phi) is 9.79. The SMILES string of the molecule is C[NH2+][C@@H](C)C(=O)N1CC[C@H](NC(=O)Nc2cccc(F)c2)C[C@H]1C(=O)N[C@@H](C(=O)OC)C(C)C. The fourth-order valence-electron chi connectivity index (χ4n) is 3.81. The minimum Gasteiger partial charge on any atom is -0.467 e. The summed E-state index contributed by atoms with van der Waals surface area (Å²) in [6.07, 6.45) is 0.601. The maximum absolute atomic E-state index is 13.4. The lowest BCUT2D eigenvalue weighted by Gasteiger charge is -2.39. The number of likely N-dealkylation sites (tertiary alicyclic amines) is 1. The molecule has 1 aromatic rings. The molecular weight excluding hydrogens is 445 g/mol. The van der Waals surface area contributed by atoms with Gasteiger partial charge in [0.25, 0.3) is 5.91 Å². The van der Waals surface area contributed by atoms with Gasteiger partial charge in [0.1, 0.15) is 17.9 Å². The molecule has 1 aliphatic rings. The summed E-state index contributed by atoms with van der Waals surface area (Å²) in [5.41, 5.74) is 0.296. The standard InChI is InChI=1S/C23H34FN5O5/c1-13(2)19(22(32)34-5)28-20(30)18-12-17(9-10-29(18)21(31)14(3)25-4)27-23(33)26-16-8-6-7-15(24)11-16/h6-8,11,13-14,17-19,25H,9-10,12H2,1-5H3,(H,28,30)(H2,26,27,33)/p+1/t14-,17-,18-,19+/m0/s1. The molecule has 1 fully saturated rings. The molecule has 0 spiro atoms. The number of carbonyl (C=O) groups excluding carboxylic acids is 4. The van der Waals surface area contributed by atoms with Gasteiger partial charge in [0.2, 0.25) is 5.91 Å². The van der Waals surface area contributed by atoms with E-state index >= 15 is 0 Å². The van der Waals surface area contributed by atoms with Crippen LogP contribution in [0.1, 0.15) is 33.6 Å². The molecule has 4 amide bonds. The highest BCUT2D eigenvalue weighted by Gasteiger charge is 2.40. The number of benzene rings is 1. The molecule has 4 atom stereocenters. The second-order valence-electron chi connectivity index (χ2n) is 8.75. The number of ether oxygens (including phenoxy) is 1. The molecule has 1 saturated heterocycles. The second-order valence-corrected chi connectivity index (χ2v) is 8.75. The van der Waals surface area contributed by atoms with Crippen LogP contribution in [-0.4, -0.2) is 73.6 Å². The highest BCUT2D eigenvalue weighted by atomic mass is 19.1. The van der Waals surface area contributed by atoms with Crippen molar-refractivity contribution in [2.45, 2.75) is 57.8 Å². The summed E-state index contributed by atoms with van der Waals surface area (Å²) in [6.45, 7) is 5.56. The van der Waals surface area contributed by atoms with Crippen molar-refractivity contribution in [1.82, 2.24) is 15.5 Å². The average molecular weight is 481 g/mol. The van der Waals surface area contributed by atoms with Gasteiger partial charge < -0.3 is 30.9 Å². The molecule has 2 rings (SSSR count). The number of carbonyl (C=O) groups is 4. The van der Waals surface area contributed by atoms with Gasteiger partial charge in [-0.3, -0.25) is 9.59 Å². The minimum absolute atomic E-state index is 0.163. The van der Waals surface area contributed by atoms with E-state index in [-0.39, 0.29) is 24.8 Å². The van der Waals surface area contributed by atoms with Crippen LogP contribution in [0.4, 0.5) is 14.9 Å². The maximum Gasteiger partial charge on any atom is 0.328 e. The number of halogens is 1. The van der Waals surface area contributed by atoms with E-state index in [1.807, 2.05) is 0 Å². The molecule has 5 N–H and O–H groups in total. The number of hydrogen-bond acceptors (Lipinski definition) is 5. The van der Waals surface area contributed by atoms with Crippen LogP contribution in [0.15, 0.2) is 24.3 Å². The van der Waals surface area contributed by atoms with Crippen molar-refractivity contribution >= 4 is 29.5 Å². The second kappa shape index (κ2) is 12.3. The Labute approximate surface area is 199 Å². The quantitative estimate of drug-likeness (QED) is 0.395. The lowest BCUT2D eigenvalue weighted by molar-refractivity contribution is -0.647. The Morgan fingerprint density at radius 1 is 1.21 bits per heavy atom. The van der Waals surface area contributed by atoms with Crippen molar-refractivity contribution < 1.29 is 33.6 Å². The molecule has 1 aromatic carbocycles. The van der Waals surface area contributed by atoms with Crippen LogP contribution in [0.5, 0.6) is 0 Å². The van der Waals surface area contributed by atoms with Crippen molar-refractivity contribution in [2.75, 3.05) is 26.0 Å². The number of nitrogens with two attached hydrogens (primary N) is 1. The molecular formula is C23H35FN5O5+. The molecule has 0 saturated carbocycles. The van der Waals surface area contributed by atoms with Gasteiger partial charge in [-0.2, -0.15) is 0 Å². The number of nitrogens with zero attached hydrogens (tertiary/aromatic N) is 1. The number of methoxy groups -OCH3 is 1. The summed E-state index contributed by atoms with van der Waals surface area (Å²) in [6, 6.07) is 2.41. The summed E-state index contributed by atoms with van der Waals surface area (Å²) < 4.78 is 18.2. The Morgan fingerprint density at radius 2 is 1.91 bits per heavy atom. The summed E-state index contributed by atoms with van der Waals surface area (Å²) in [4.78, 5) is 52.2. The monoisotopic (exact) mass is 480 g/mol. The number of likely N-dealkylation sites (N-methyl/N-ethyl adjacent to an activating group) is 1. The Balaban J connectivity index is 2.15. The highest BCUT2D eigenvalue weighted by molar-refractivity contribution is 5.92. The maximum atomic E-state index is 13.4. The van der Waals surface area contributed by atoms with Gasteiger partial charge in [-0.25, -0.2) is 14.0 Å². The van der Waals surface area contributed by atoms with E-state index < -0.39 is 47.9 Å². The van der Waals surface area contributed by atoms with Gasteiger partial charge >= 0.3 is 12.0 Å². The average Bonchev–Trinajstić information content (AvgIpc) is 2.80. The van der Waals surface area contributed by atoms with Crippen LogP contribution in [-0.2, 0) is 19.1 Å². The van der Waals surface area contributed by atoms with E-state index in [0.717, 1.165) is 0 Å². The first kappa shape index (κ1) is 27.0. The third kappa shape index (κ3) is 7.14. The number of quaternary nitrogens is 1. The normalized spacial score (nSPS) is 19.7. The number of urea groups is 1. The van der Waals surface area contributed by atoms with Gasteiger partial charge in [0.05, 0.1) is 14.2 Å². The fourth-order valence-corrected chi connectivity index (χ4v) is 3.81. The number of nitrogens with one attached hydrogen (secondary N) is 3. The van der Waals surface area contributed by atoms with E-state index in [1.165, 1.54) is 30.2 Å². The molecule has 1 aliphatic heterocycles. The molecule has 0 aromatic heterocycles. The topological polar surface area (TPSA) is 133 Å². The first-order valence-electron chi connectivity index (χ1n) is 11.4. The lowest BCUT2D eigenvalue weighted by atomic mass is 9.94. The van der Waals surface area contributed by atoms with E-state index in [2.05, 4.69) is 16.0 Å². The van der Waals surface area contributed by atoms with Crippen molar-refractivity contribution in [3.8, 4) is 0 Å². The number of anilines is 1. The predicted octanol–water partition coefficient (Wildman–Crippen LogP) is 0.202. The molecule has 11 heteroatoms. The van der Waals surface area contributed by atoms with Gasteiger partial charge in [0, 0.05) is 18.3 Å². The van der Waals surface area contributed by atoms with Crippen LogP contribution >= 0.6 is 0 Å². The molecule has 34 heavy (non-hydrogen) atoms. The van der Waals surface area contributed by atoms with Crippen molar-refractivity contribution in [3.63, 3.8) is 0 Å². The van der Waals surface area contributed by atoms with Crippen molar-refractivity contribution in [3.05, 3.63) is 30.1 Å². The zero-order valence-corrected chi connectivity index (χ0v) is 20.3. The largest absolute Gasteiger partial charge is 0.467 e. The van der Waals surface area contributed by atoms with Gasteiger partial charge in [-0.15, -0.1) is 0 Å². The van der Waals surface area contributed by atoms with E-state index in [1.54, 1.807) is 39.2 Å². The zero-order valence-electron chi connectivity index (χ0n) is 20.3. The van der Waals surface area contributed by atoms with Crippen LogP contribution < -0.4 is 21.3 Å². The van der Waals surface area contributed by atoms with Gasteiger partial charge in [-0.05, 0) is 43.9 Å². The van der Waals surface area contributed by atoms with Gasteiger partial charge in [-0.1, -0.05) is 19.9 Å². The van der Waals surface area contributed by atoms with E-state index in [0.29, 0.717) is 12.1 Å². The Morgan fingerprint density at radius 3 is 2.50 bits per heavy atom. The molecule has 0 unspecified atom stereocenters. The first-order chi connectivity index (χ1) is 16.1. The molecule has 0 radical (unpaired) electrons. The summed E-state index contributed by atoms with van der Waals surface area (Å²) in [5, 5.41) is 9.82. The van der Waals surface area contributed by atoms with Crippen molar-refractivity contribution in [2.24, 2.45) is 5.92 Å². The third-order valence-corrected chi connectivity index (χ3v) is 5.91. The molecule has 188 valence electrons. The Hall–Kier alpha value is -3.21. The molecule has 0 aliphatic carbocycles. The van der Waals surface area contributed by atoms with E-state index in [4.69, 9.17) is 4.74 Å². The van der Waals surface area contributed by atoms with Crippen molar-refractivity contribution in [1.29, 1.82) is 0 Å². The molecule has 10 nitrogen and oxygen atoms in total.